The van der Waals surface area contributed by atoms with Crippen LogP contribution in [0.15, 0.2) is 46.0 Å². The van der Waals surface area contributed by atoms with Gasteiger partial charge in [-0.05, 0) is 36.2 Å². The van der Waals surface area contributed by atoms with Crippen molar-refractivity contribution in [1.29, 1.82) is 0 Å². The van der Waals surface area contributed by atoms with Gasteiger partial charge in [0.1, 0.15) is 4.21 Å². The molecular weight excluding hydrogens is 370 g/mol. The van der Waals surface area contributed by atoms with Crippen molar-refractivity contribution in [2.24, 2.45) is 0 Å². The van der Waals surface area contributed by atoms with Gasteiger partial charge in [0.15, 0.2) is 0 Å². The number of hydrogen-bond donors (Lipinski definition) is 3. The van der Waals surface area contributed by atoms with Gasteiger partial charge in [0.05, 0.1) is 0 Å². The number of thiophene rings is 1. The normalized spacial score (nSPS) is 10.7. The number of halogens is 1. The van der Waals surface area contributed by atoms with E-state index in [1.54, 1.807) is 29.6 Å². The molecule has 0 radical (unpaired) electrons. The highest BCUT2D eigenvalue weighted by Crippen LogP contribution is 2.20. The van der Waals surface area contributed by atoms with E-state index < -0.39 is 10.0 Å². The summed E-state index contributed by atoms with van der Waals surface area (Å²) in [5.74, 6) is -0.236. The van der Waals surface area contributed by atoms with Gasteiger partial charge in [0, 0.05) is 24.3 Å². The fourth-order valence-electron chi connectivity index (χ4n) is 1.89. The Balaban J connectivity index is 0.00000288. The van der Waals surface area contributed by atoms with E-state index in [0.717, 1.165) is 17.9 Å². The van der Waals surface area contributed by atoms with E-state index in [1.807, 2.05) is 6.92 Å². The fraction of sp³-hybridized carbons (Fsp3) is 0.267. The Morgan fingerprint density at radius 1 is 1.17 bits per heavy atom. The van der Waals surface area contributed by atoms with Crippen molar-refractivity contribution < 1.29 is 13.2 Å². The number of benzene rings is 1. The largest absolute Gasteiger partial charge is 0.351 e. The molecule has 1 heterocycles. The number of nitrogens with one attached hydrogen (secondary N) is 3. The van der Waals surface area contributed by atoms with E-state index in [4.69, 9.17) is 0 Å². The number of anilines is 1. The summed E-state index contributed by atoms with van der Waals surface area (Å²) in [6, 6.07) is 9.63. The molecule has 2 rings (SSSR count). The van der Waals surface area contributed by atoms with Crippen LogP contribution in [0.1, 0.15) is 17.3 Å². The highest BCUT2D eigenvalue weighted by molar-refractivity contribution is 7.94. The van der Waals surface area contributed by atoms with Crippen LogP contribution in [0.3, 0.4) is 0 Å². The molecule has 2 aromatic rings. The smallest absolute Gasteiger partial charge is 0.271 e. The van der Waals surface area contributed by atoms with Crippen molar-refractivity contribution in [2.45, 2.75) is 11.1 Å². The standard InChI is InChI=1S/C15H19N3O3S2.ClH/c1-2-16-8-9-17-15(19)12-5-3-6-13(11-12)18-23(20,21)14-7-4-10-22-14;/h3-7,10-11,16,18H,2,8-9H2,1H3,(H,17,19);1H. The summed E-state index contributed by atoms with van der Waals surface area (Å²) in [5.41, 5.74) is 0.769. The molecule has 0 aliphatic heterocycles. The highest BCUT2D eigenvalue weighted by atomic mass is 35.5. The van der Waals surface area contributed by atoms with Crippen LogP contribution in [0.2, 0.25) is 0 Å². The van der Waals surface area contributed by atoms with Crippen LogP contribution in [0.25, 0.3) is 0 Å². The first kappa shape index (κ1) is 20.4. The van der Waals surface area contributed by atoms with Crippen molar-refractivity contribution in [3.8, 4) is 0 Å². The molecule has 0 atom stereocenters. The Morgan fingerprint density at radius 3 is 2.62 bits per heavy atom. The molecule has 24 heavy (non-hydrogen) atoms. The predicted octanol–water partition coefficient (Wildman–Crippen LogP) is 2.31. The van der Waals surface area contributed by atoms with Crippen LogP contribution in [-0.4, -0.2) is 34.0 Å². The van der Waals surface area contributed by atoms with Crippen LogP contribution in [0.5, 0.6) is 0 Å². The summed E-state index contributed by atoms with van der Waals surface area (Å²) in [5, 5.41) is 7.58. The first-order chi connectivity index (χ1) is 11.0. The molecule has 0 aliphatic carbocycles. The van der Waals surface area contributed by atoms with Crippen LogP contribution in [-0.2, 0) is 10.0 Å². The van der Waals surface area contributed by atoms with Crippen LogP contribution in [0, 0.1) is 0 Å². The predicted molar refractivity (Wildman–Crippen MR) is 99.7 cm³/mol. The van der Waals surface area contributed by atoms with Crippen LogP contribution < -0.4 is 15.4 Å². The summed E-state index contributed by atoms with van der Waals surface area (Å²) < 4.78 is 27.1. The van der Waals surface area contributed by atoms with Gasteiger partial charge in [-0.3, -0.25) is 9.52 Å². The number of carbonyl (C=O) groups excluding carboxylic acids is 1. The molecule has 0 spiro atoms. The molecule has 1 aromatic carbocycles. The highest BCUT2D eigenvalue weighted by Gasteiger charge is 2.15. The maximum Gasteiger partial charge on any atom is 0.271 e. The van der Waals surface area contributed by atoms with Crippen LogP contribution >= 0.6 is 23.7 Å². The van der Waals surface area contributed by atoms with Crippen molar-refractivity contribution in [2.75, 3.05) is 24.4 Å². The number of amides is 1. The minimum absolute atomic E-state index is 0. The molecular formula is C15H20ClN3O3S2. The van der Waals surface area contributed by atoms with Crippen LogP contribution in [0.4, 0.5) is 5.69 Å². The SMILES string of the molecule is CCNCCNC(=O)c1cccc(NS(=O)(=O)c2cccs2)c1.Cl. The molecule has 0 fully saturated rings. The number of rotatable bonds is 8. The second-order valence-electron chi connectivity index (χ2n) is 4.73. The van der Waals surface area contributed by atoms with Gasteiger partial charge in [-0.25, -0.2) is 8.42 Å². The summed E-state index contributed by atoms with van der Waals surface area (Å²) in [6.45, 7) is 4.03. The Bertz CT molecular complexity index is 749. The molecule has 9 heteroatoms. The van der Waals surface area contributed by atoms with E-state index in [9.17, 15) is 13.2 Å². The lowest BCUT2D eigenvalue weighted by atomic mass is 10.2. The molecule has 1 amide bonds. The van der Waals surface area contributed by atoms with Gasteiger partial charge in [0.25, 0.3) is 15.9 Å². The molecule has 0 saturated carbocycles. The van der Waals surface area contributed by atoms with Gasteiger partial charge in [0.2, 0.25) is 0 Å². The molecule has 0 saturated heterocycles. The lowest BCUT2D eigenvalue weighted by Gasteiger charge is -2.09. The second kappa shape index (κ2) is 9.63. The zero-order valence-electron chi connectivity index (χ0n) is 13.1. The first-order valence-electron chi connectivity index (χ1n) is 7.18. The van der Waals surface area contributed by atoms with Crippen molar-refractivity contribution in [1.82, 2.24) is 10.6 Å². The topological polar surface area (TPSA) is 87.3 Å². The molecule has 1 aromatic heterocycles. The molecule has 0 bridgehead atoms. The second-order valence-corrected chi connectivity index (χ2v) is 7.58. The third-order valence-electron chi connectivity index (χ3n) is 2.97. The van der Waals surface area contributed by atoms with Gasteiger partial charge in [-0.2, -0.15) is 0 Å². The third-order valence-corrected chi connectivity index (χ3v) is 5.75. The molecule has 3 N–H and O–H groups in total. The van der Waals surface area contributed by atoms with E-state index in [0.29, 0.717) is 24.3 Å². The minimum Gasteiger partial charge on any atom is -0.351 e. The quantitative estimate of drug-likeness (QED) is 0.604. The van der Waals surface area contributed by atoms with E-state index in [1.165, 1.54) is 12.1 Å². The monoisotopic (exact) mass is 389 g/mol. The Hall–Kier alpha value is -1.61. The minimum atomic E-state index is -3.61. The molecule has 6 nitrogen and oxygen atoms in total. The first-order valence-corrected chi connectivity index (χ1v) is 9.54. The average molecular weight is 390 g/mol. The third kappa shape index (κ3) is 5.79. The molecule has 132 valence electrons. The number of likely N-dealkylation sites (N-methyl/N-ethyl adjacent to an activating group) is 1. The van der Waals surface area contributed by atoms with Crippen molar-refractivity contribution >= 4 is 45.4 Å². The van der Waals surface area contributed by atoms with Gasteiger partial charge in [-0.15, -0.1) is 23.7 Å². The zero-order chi connectivity index (χ0) is 16.7. The summed E-state index contributed by atoms with van der Waals surface area (Å²) >= 11 is 1.14. The lowest BCUT2D eigenvalue weighted by molar-refractivity contribution is 0.0954. The van der Waals surface area contributed by atoms with Crippen molar-refractivity contribution in [3.63, 3.8) is 0 Å². The summed E-state index contributed by atoms with van der Waals surface area (Å²) in [7, 11) is -3.61. The molecule has 0 unspecified atom stereocenters. The summed E-state index contributed by atoms with van der Waals surface area (Å²) in [6.07, 6.45) is 0. The maximum atomic E-state index is 12.2. The lowest BCUT2D eigenvalue weighted by Crippen LogP contribution is -2.31. The van der Waals surface area contributed by atoms with E-state index >= 15 is 0 Å². The summed E-state index contributed by atoms with van der Waals surface area (Å²) in [4.78, 5) is 12.0. The average Bonchev–Trinajstić information content (AvgIpc) is 3.06. The fourth-order valence-corrected chi connectivity index (χ4v) is 3.93. The zero-order valence-corrected chi connectivity index (χ0v) is 15.6. The van der Waals surface area contributed by atoms with Gasteiger partial charge >= 0.3 is 0 Å². The van der Waals surface area contributed by atoms with E-state index in [-0.39, 0.29) is 22.5 Å². The Labute approximate surface area is 152 Å². The maximum absolute atomic E-state index is 12.2. The Kier molecular flexibility index (Phi) is 8.20. The number of hydrogen-bond acceptors (Lipinski definition) is 5. The molecule has 0 aliphatic rings. The van der Waals surface area contributed by atoms with Gasteiger partial charge < -0.3 is 10.6 Å². The van der Waals surface area contributed by atoms with Gasteiger partial charge in [-0.1, -0.05) is 19.1 Å². The van der Waals surface area contributed by atoms with Crippen molar-refractivity contribution in [3.05, 3.63) is 47.3 Å². The number of carbonyl (C=O) groups is 1. The van der Waals surface area contributed by atoms with E-state index in [2.05, 4.69) is 15.4 Å². The Morgan fingerprint density at radius 2 is 1.96 bits per heavy atom. The number of sulfonamides is 1.